The molecule has 1 aliphatic heterocycles. The van der Waals surface area contributed by atoms with Gasteiger partial charge in [-0.15, -0.1) is 0 Å². The van der Waals surface area contributed by atoms with Crippen molar-refractivity contribution in [3.8, 4) is 0 Å². The number of rotatable bonds is 4. The van der Waals surface area contributed by atoms with Crippen molar-refractivity contribution in [2.75, 3.05) is 18.0 Å². The first kappa shape index (κ1) is 17.7. The maximum Gasteiger partial charge on any atom is 0.331 e. The molecule has 130 valence electrons. The Hall–Kier alpha value is -2.11. The zero-order valence-electron chi connectivity index (χ0n) is 13.4. The first-order valence-corrected chi connectivity index (χ1v) is 8.72. The van der Waals surface area contributed by atoms with E-state index in [2.05, 4.69) is 14.9 Å². The van der Waals surface area contributed by atoms with E-state index in [1.54, 1.807) is 30.6 Å². The molecule has 0 spiro atoms. The van der Waals surface area contributed by atoms with E-state index in [1.807, 2.05) is 12.1 Å². The zero-order chi connectivity index (χ0) is 17.6. The van der Waals surface area contributed by atoms with Crippen molar-refractivity contribution in [1.29, 1.82) is 0 Å². The number of ether oxygens (including phenoxy) is 1. The van der Waals surface area contributed by atoms with Gasteiger partial charge in [-0.2, -0.15) is 0 Å². The molecule has 0 unspecified atom stereocenters. The molecule has 7 heteroatoms. The van der Waals surface area contributed by atoms with Crippen molar-refractivity contribution >= 4 is 41.1 Å². The van der Waals surface area contributed by atoms with Crippen molar-refractivity contribution in [2.24, 2.45) is 0 Å². The van der Waals surface area contributed by atoms with Gasteiger partial charge in [0.15, 0.2) is 0 Å². The lowest BCUT2D eigenvalue weighted by atomic mass is 10.1. The van der Waals surface area contributed by atoms with Gasteiger partial charge in [0.2, 0.25) is 0 Å². The second kappa shape index (κ2) is 8.32. The number of esters is 1. The van der Waals surface area contributed by atoms with Crippen molar-refractivity contribution in [3.63, 3.8) is 0 Å². The van der Waals surface area contributed by atoms with Crippen LogP contribution in [-0.4, -0.2) is 35.1 Å². The van der Waals surface area contributed by atoms with E-state index in [0.29, 0.717) is 10.2 Å². The average Bonchev–Trinajstić information content (AvgIpc) is 2.62. The fourth-order valence-corrected chi connectivity index (χ4v) is 2.94. The second-order valence-corrected chi connectivity index (χ2v) is 6.53. The summed E-state index contributed by atoms with van der Waals surface area (Å²) < 4.78 is 5.50. The minimum Gasteiger partial charge on any atom is -0.459 e. The van der Waals surface area contributed by atoms with Crippen LogP contribution >= 0.6 is 23.2 Å². The predicted molar refractivity (Wildman–Crippen MR) is 98.9 cm³/mol. The first-order chi connectivity index (χ1) is 12.1. The summed E-state index contributed by atoms with van der Waals surface area (Å²) in [7, 11) is 0. The second-order valence-electron chi connectivity index (χ2n) is 5.70. The van der Waals surface area contributed by atoms with Crippen molar-refractivity contribution in [3.05, 3.63) is 58.5 Å². The topological polar surface area (TPSA) is 55.3 Å². The predicted octanol–water partition coefficient (Wildman–Crippen LogP) is 4.01. The molecule has 3 rings (SSSR count). The van der Waals surface area contributed by atoms with Gasteiger partial charge in [0.1, 0.15) is 17.1 Å². The third kappa shape index (κ3) is 5.18. The van der Waals surface area contributed by atoms with Crippen molar-refractivity contribution < 1.29 is 9.53 Å². The van der Waals surface area contributed by atoms with Crippen molar-refractivity contribution in [1.82, 2.24) is 9.97 Å². The fourth-order valence-electron chi connectivity index (χ4n) is 2.65. The number of nitrogens with zero attached hydrogens (tertiary/aromatic N) is 3. The highest BCUT2D eigenvalue weighted by Gasteiger charge is 2.22. The van der Waals surface area contributed by atoms with Gasteiger partial charge in [0.05, 0.1) is 5.02 Å². The molecule has 0 N–H and O–H groups in total. The smallest absolute Gasteiger partial charge is 0.331 e. The monoisotopic (exact) mass is 377 g/mol. The van der Waals surface area contributed by atoms with Gasteiger partial charge >= 0.3 is 5.97 Å². The Morgan fingerprint density at radius 3 is 2.68 bits per heavy atom. The normalized spacial score (nSPS) is 15.5. The SMILES string of the molecule is O=C(C=Cc1ccnc(Cl)c1)OC1CCN(c2ccc(Cl)cn2)CC1. The molecule has 0 aromatic carbocycles. The molecule has 0 radical (unpaired) electrons. The van der Waals surface area contributed by atoms with Crippen LogP contribution in [0.1, 0.15) is 18.4 Å². The summed E-state index contributed by atoms with van der Waals surface area (Å²) >= 11 is 11.7. The van der Waals surface area contributed by atoms with Gasteiger partial charge in [-0.05, 0) is 35.9 Å². The average molecular weight is 378 g/mol. The highest BCUT2D eigenvalue weighted by atomic mass is 35.5. The molecule has 0 atom stereocenters. The Balaban J connectivity index is 1.48. The Morgan fingerprint density at radius 2 is 2.00 bits per heavy atom. The van der Waals surface area contributed by atoms with Gasteiger partial charge in [0, 0.05) is 44.4 Å². The number of anilines is 1. The van der Waals surface area contributed by atoms with Gasteiger partial charge in [0.25, 0.3) is 0 Å². The van der Waals surface area contributed by atoms with E-state index in [4.69, 9.17) is 27.9 Å². The molecule has 0 aliphatic carbocycles. The van der Waals surface area contributed by atoms with Crippen LogP contribution in [0, 0.1) is 0 Å². The molecule has 1 fully saturated rings. The lowest BCUT2D eigenvalue weighted by Crippen LogP contribution is -2.38. The number of hydrogen-bond donors (Lipinski definition) is 0. The largest absolute Gasteiger partial charge is 0.459 e. The van der Waals surface area contributed by atoms with Gasteiger partial charge in [-0.1, -0.05) is 23.2 Å². The molecular formula is C18H17Cl2N3O2. The molecule has 0 amide bonds. The summed E-state index contributed by atoms with van der Waals surface area (Å²) in [6.45, 7) is 1.58. The maximum absolute atomic E-state index is 12.0. The molecular weight excluding hydrogens is 361 g/mol. The highest BCUT2D eigenvalue weighted by molar-refractivity contribution is 6.30. The van der Waals surface area contributed by atoms with Gasteiger partial charge < -0.3 is 9.64 Å². The lowest BCUT2D eigenvalue weighted by molar-refractivity contribution is -0.143. The van der Waals surface area contributed by atoms with Crippen LogP contribution in [0.25, 0.3) is 6.08 Å². The summed E-state index contributed by atoms with van der Waals surface area (Å²) in [6, 6.07) is 7.18. The lowest BCUT2D eigenvalue weighted by Gasteiger charge is -2.32. The molecule has 3 heterocycles. The number of halogens is 2. The molecule has 2 aromatic heterocycles. The summed E-state index contributed by atoms with van der Waals surface area (Å²) in [5.74, 6) is 0.541. The third-order valence-electron chi connectivity index (χ3n) is 3.92. The number of hydrogen-bond acceptors (Lipinski definition) is 5. The van der Waals surface area contributed by atoms with Gasteiger partial charge in [-0.25, -0.2) is 14.8 Å². The highest BCUT2D eigenvalue weighted by Crippen LogP contribution is 2.21. The molecule has 0 bridgehead atoms. The van der Waals surface area contributed by atoms with Crippen LogP contribution in [0.15, 0.2) is 42.7 Å². The molecule has 0 saturated carbocycles. The van der Waals surface area contributed by atoms with E-state index >= 15 is 0 Å². The molecule has 2 aromatic rings. The van der Waals surface area contributed by atoms with Gasteiger partial charge in [-0.3, -0.25) is 0 Å². The Kier molecular flexibility index (Phi) is 5.89. The summed E-state index contributed by atoms with van der Waals surface area (Å²) in [4.78, 5) is 22.3. The summed E-state index contributed by atoms with van der Waals surface area (Å²) in [5.41, 5.74) is 0.806. The Labute approximate surface area is 156 Å². The van der Waals surface area contributed by atoms with E-state index in [1.165, 1.54) is 6.08 Å². The summed E-state index contributed by atoms with van der Waals surface area (Å²) in [6.07, 6.45) is 7.77. The Morgan fingerprint density at radius 1 is 1.20 bits per heavy atom. The van der Waals surface area contributed by atoms with E-state index in [0.717, 1.165) is 37.3 Å². The molecule has 5 nitrogen and oxygen atoms in total. The minimum atomic E-state index is -0.351. The number of carbonyl (C=O) groups excluding carboxylic acids is 1. The van der Waals surface area contributed by atoms with Crippen LogP contribution in [0.2, 0.25) is 10.2 Å². The third-order valence-corrected chi connectivity index (χ3v) is 4.35. The molecule has 1 aliphatic rings. The number of piperidine rings is 1. The molecule has 1 saturated heterocycles. The quantitative estimate of drug-likeness (QED) is 0.457. The van der Waals surface area contributed by atoms with E-state index < -0.39 is 0 Å². The Bertz CT molecular complexity index is 757. The standard InChI is InChI=1S/C18H17Cl2N3O2/c19-14-2-3-17(22-12-14)23-9-6-15(7-10-23)25-18(24)4-1-13-5-8-21-16(20)11-13/h1-5,8,11-12,15H,6-7,9-10H2. The summed E-state index contributed by atoms with van der Waals surface area (Å²) in [5, 5.41) is 1.01. The first-order valence-electron chi connectivity index (χ1n) is 7.97. The minimum absolute atomic E-state index is 0.0817. The van der Waals surface area contributed by atoms with Crippen LogP contribution in [0.5, 0.6) is 0 Å². The number of carbonyl (C=O) groups is 1. The fraction of sp³-hybridized carbons (Fsp3) is 0.278. The molecule has 25 heavy (non-hydrogen) atoms. The van der Waals surface area contributed by atoms with Crippen LogP contribution < -0.4 is 4.90 Å². The maximum atomic E-state index is 12.0. The van der Waals surface area contributed by atoms with E-state index in [-0.39, 0.29) is 12.1 Å². The van der Waals surface area contributed by atoms with Crippen molar-refractivity contribution in [2.45, 2.75) is 18.9 Å². The van der Waals surface area contributed by atoms with Crippen LogP contribution in [-0.2, 0) is 9.53 Å². The van der Waals surface area contributed by atoms with Crippen LogP contribution in [0.4, 0.5) is 5.82 Å². The number of aromatic nitrogens is 2. The van der Waals surface area contributed by atoms with Crippen LogP contribution in [0.3, 0.4) is 0 Å². The van der Waals surface area contributed by atoms with E-state index in [9.17, 15) is 4.79 Å². The zero-order valence-corrected chi connectivity index (χ0v) is 15.0. The number of pyridine rings is 2.